The first kappa shape index (κ1) is 8.82. The molecule has 1 fully saturated rings. The maximum Gasteiger partial charge on any atom is 0.141 e. The van der Waals surface area contributed by atoms with Crippen molar-refractivity contribution in [2.75, 3.05) is 0 Å². The quantitative estimate of drug-likeness (QED) is 0.671. The van der Waals surface area contributed by atoms with E-state index in [1.54, 1.807) is 0 Å². The number of pyridine rings is 1. The van der Waals surface area contributed by atoms with Crippen molar-refractivity contribution in [1.82, 2.24) is 4.98 Å². The lowest BCUT2D eigenvalue weighted by Gasteiger charge is -2.33. The molecular formula is C10H7FN2O. The summed E-state index contributed by atoms with van der Waals surface area (Å²) in [6.07, 6.45) is 2.87. The molecule has 0 amide bonds. The van der Waals surface area contributed by atoms with E-state index in [-0.39, 0.29) is 18.6 Å². The van der Waals surface area contributed by atoms with Crippen LogP contribution in [0, 0.1) is 17.1 Å². The van der Waals surface area contributed by atoms with Gasteiger partial charge in [-0.1, -0.05) is 0 Å². The summed E-state index contributed by atoms with van der Waals surface area (Å²) < 4.78 is 12.8. The number of hydrogen-bond acceptors (Lipinski definition) is 3. The van der Waals surface area contributed by atoms with Gasteiger partial charge in [-0.2, -0.15) is 5.26 Å². The van der Waals surface area contributed by atoms with Gasteiger partial charge in [-0.05, 0) is 11.6 Å². The summed E-state index contributed by atoms with van der Waals surface area (Å²) in [6, 6.07) is 3.33. The zero-order valence-corrected chi connectivity index (χ0v) is 7.33. The molecule has 14 heavy (non-hydrogen) atoms. The first-order valence-corrected chi connectivity index (χ1v) is 4.20. The second-order valence-corrected chi connectivity index (χ2v) is 3.48. The van der Waals surface area contributed by atoms with Crippen LogP contribution in [-0.2, 0) is 10.2 Å². The summed E-state index contributed by atoms with van der Waals surface area (Å²) in [6.45, 7) is 0. The van der Waals surface area contributed by atoms with Crippen LogP contribution in [0.1, 0.15) is 18.4 Å². The van der Waals surface area contributed by atoms with E-state index in [1.807, 2.05) is 0 Å². The van der Waals surface area contributed by atoms with Crippen LogP contribution in [0.2, 0.25) is 0 Å². The van der Waals surface area contributed by atoms with Crippen molar-refractivity contribution >= 4 is 5.78 Å². The van der Waals surface area contributed by atoms with Gasteiger partial charge in [0.15, 0.2) is 0 Å². The third-order valence-corrected chi connectivity index (χ3v) is 2.47. The number of hydrogen-bond donors (Lipinski definition) is 0. The topological polar surface area (TPSA) is 53.8 Å². The predicted octanol–water partition coefficient (Wildman–Crippen LogP) is 1.34. The van der Waals surface area contributed by atoms with Crippen molar-refractivity contribution < 1.29 is 9.18 Å². The molecule has 3 nitrogen and oxygen atoms in total. The highest BCUT2D eigenvalue weighted by atomic mass is 19.1. The van der Waals surface area contributed by atoms with Crippen molar-refractivity contribution in [2.24, 2.45) is 0 Å². The Balaban J connectivity index is 2.39. The van der Waals surface area contributed by atoms with Gasteiger partial charge in [-0.25, -0.2) is 4.39 Å². The lowest BCUT2D eigenvalue weighted by atomic mass is 9.65. The predicted molar refractivity (Wildman–Crippen MR) is 45.7 cm³/mol. The van der Waals surface area contributed by atoms with Crippen molar-refractivity contribution in [2.45, 2.75) is 18.3 Å². The Kier molecular flexibility index (Phi) is 1.81. The number of halogens is 1. The fraction of sp³-hybridized carbons (Fsp3) is 0.300. The van der Waals surface area contributed by atoms with Gasteiger partial charge in [0.1, 0.15) is 11.6 Å². The highest BCUT2D eigenvalue weighted by molar-refractivity contribution is 5.90. The summed E-state index contributed by atoms with van der Waals surface area (Å²) >= 11 is 0. The van der Waals surface area contributed by atoms with Crippen LogP contribution >= 0.6 is 0 Å². The molecule has 0 radical (unpaired) electrons. The molecule has 0 N–H and O–H groups in total. The second-order valence-electron chi connectivity index (χ2n) is 3.48. The number of Topliss-reactive ketones (excluding diaryl/α,β-unsaturated/α-hetero) is 1. The van der Waals surface area contributed by atoms with Gasteiger partial charge in [-0.3, -0.25) is 9.78 Å². The third kappa shape index (κ3) is 1.18. The standard InChI is InChI=1S/C10H7FN2O/c11-8-1-7(4-13-5-8)10(6-12)2-9(14)3-10/h1,4-5H,2-3H2. The third-order valence-electron chi connectivity index (χ3n) is 2.47. The lowest BCUT2D eigenvalue weighted by molar-refractivity contribution is -0.126. The molecule has 0 aromatic carbocycles. The monoisotopic (exact) mass is 190 g/mol. The molecule has 1 heterocycles. The van der Waals surface area contributed by atoms with E-state index in [2.05, 4.69) is 11.1 Å². The van der Waals surface area contributed by atoms with E-state index in [4.69, 9.17) is 5.26 Å². The van der Waals surface area contributed by atoms with Crippen LogP contribution in [0.25, 0.3) is 0 Å². The van der Waals surface area contributed by atoms with E-state index < -0.39 is 11.2 Å². The highest BCUT2D eigenvalue weighted by Crippen LogP contribution is 2.40. The van der Waals surface area contributed by atoms with Gasteiger partial charge in [0.05, 0.1) is 17.7 Å². The van der Waals surface area contributed by atoms with Crippen molar-refractivity contribution in [3.05, 3.63) is 29.8 Å². The van der Waals surface area contributed by atoms with Gasteiger partial charge in [-0.15, -0.1) is 0 Å². The number of nitrogens with zero attached hydrogens (tertiary/aromatic N) is 2. The molecule has 1 aromatic rings. The molecule has 0 spiro atoms. The number of nitriles is 1. The number of carbonyl (C=O) groups is 1. The molecule has 1 saturated carbocycles. The van der Waals surface area contributed by atoms with Gasteiger partial charge < -0.3 is 0 Å². The van der Waals surface area contributed by atoms with Gasteiger partial charge >= 0.3 is 0 Å². The molecule has 0 saturated heterocycles. The van der Waals surface area contributed by atoms with E-state index in [0.717, 1.165) is 6.20 Å². The minimum atomic E-state index is -0.827. The zero-order chi connectivity index (χ0) is 10.2. The summed E-state index contributed by atoms with van der Waals surface area (Å²) in [5, 5.41) is 8.95. The van der Waals surface area contributed by atoms with Crippen LogP contribution < -0.4 is 0 Å². The van der Waals surface area contributed by atoms with E-state index in [0.29, 0.717) is 5.56 Å². The molecule has 0 bridgehead atoms. The van der Waals surface area contributed by atoms with Crippen LogP contribution in [-0.4, -0.2) is 10.8 Å². The van der Waals surface area contributed by atoms with Crippen LogP contribution in [0.3, 0.4) is 0 Å². The van der Waals surface area contributed by atoms with Crippen LogP contribution in [0.5, 0.6) is 0 Å². The molecule has 4 heteroatoms. The first-order valence-electron chi connectivity index (χ1n) is 4.20. The molecule has 0 unspecified atom stereocenters. The first-order chi connectivity index (χ1) is 6.66. The second kappa shape index (κ2) is 2.88. The summed E-state index contributed by atoms with van der Waals surface area (Å²) in [7, 11) is 0. The zero-order valence-electron chi connectivity index (χ0n) is 7.33. The number of rotatable bonds is 1. The summed E-state index contributed by atoms with van der Waals surface area (Å²) in [5.74, 6) is -0.438. The Morgan fingerprint density at radius 1 is 1.50 bits per heavy atom. The average Bonchev–Trinajstić information content (AvgIpc) is 2.12. The fourth-order valence-electron chi connectivity index (χ4n) is 1.64. The SMILES string of the molecule is N#CC1(c2cncc(F)c2)CC(=O)C1. The Hall–Kier alpha value is -1.76. The molecule has 70 valence electrons. The highest BCUT2D eigenvalue weighted by Gasteiger charge is 2.45. The van der Waals surface area contributed by atoms with Gasteiger partial charge in [0, 0.05) is 19.0 Å². The van der Waals surface area contributed by atoms with Crippen LogP contribution in [0.4, 0.5) is 4.39 Å². The lowest BCUT2D eigenvalue weighted by Crippen LogP contribution is -2.40. The summed E-state index contributed by atoms with van der Waals surface area (Å²) in [5.41, 5.74) is -0.328. The number of aromatic nitrogens is 1. The maximum absolute atomic E-state index is 12.8. The Labute approximate surface area is 80.2 Å². The van der Waals surface area contributed by atoms with Crippen molar-refractivity contribution in [3.63, 3.8) is 0 Å². The Morgan fingerprint density at radius 2 is 2.21 bits per heavy atom. The van der Waals surface area contributed by atoms with Crippen LogP contribution in [0.15, 0.2) is 18.5 Å². The number of ketones is 1. The minimum Gasteiger partial charge on any atom is -0.300 e. The Morgan fingerprint density at radius 3 is 2.71 bits per heavy atom. The number of carbonyl (C=O) groups excluding carboxylic acids is 1. The van der Waals surface area contributed by atoms with Crippen molar-refractivity contribution in [1.29, 1.82) is 5.26 Å². The maximum atomic E-state index is 12.8. The van der Waals surface area contributed by atoms with Gasteiger partial charge in [0.25, 0.3) is 0 Å². The Bertz CT molecular complexity index is 428. The minimum absolute atomic E-state index is 0.0378. The largest absolute Gasteiger partial charge is 0.300 e. The summed E-state index contributed by atoms with van der Waals surface area (Å²) in [4.78, 5) is 14.5. The average molecular weight is 190 g/mol. The molecule has 0 atom stereocenters. The smallest absolute Gasteiger partial charge is 0.141 e. The molecule has 2 rings (SSSR count). The molecular weight excluding hydrogens is 183 g/mol. The van der Waals surface area contributed by atoms with E-state index in [9.17, 15) is 9.18 Å². The molecule has 1 aliphatic rings. The molecule has 0 aliphatic heterocycles. The van der Waals surface area contributed by atoms with Gasteiger partial charge in [0.2, 0.25) is 0 Å². The van der Waals surface area contributed by atoms with E-state index in [1.165, 1.54) is 12.3 Å². The van der Waals surface area contributed by atoms with E-state index >= 15 is 0 Å². The molecule has 1 aromatic heterocycles. The van der Waals surface area contributed by atoms with Crippen molar-refractivity contribution in [3.8, 4) is 6.07 Å². The normalized spacial score (nSPS) is 18.4. The molecule has 1 aliphatic carbocycles. The fourth-order valence-corrected chi connectivity index (χ4v) is 1.64.